The second-order valence-electron chi connectivity index (χ2n) is 8.25. The van der Waals surface area contributed by atoms with Crippen LogP contribution in [-0.2, 0) is 24.2 Å². The Labute approximate surface area is 170 Å². The van der Waals surface area contributed by atoms with E-state index < -0.39 is 5.91 Å². The fraction of sp³-hybridized carbons (Fsp3) is 0.435. The van der Waals surface area contributed by atoms with Crippen molar-refractivity contribution in [2.24, 2.45) is 5.41 Å². The topological polar surface area (TPSA) is 82.5 Å². The molecule has 0 spiro atoms. The van der Waals surface area contributed by atoms with Crippen LogP contribution in [0, 0.1) is 5.41 Å². The van der Waals surface area contributed by atoms with Gasteiger partial charge in [-0.25, -0.2) is 5.48 Å². The molecule has 2 heterocycles. The molecule has 2 N–H and O–H groups in total. The Balaban J connectivity index is 1.55. The van der Waals surface area contributed by atoms with E-state index in [2.05, 4.69) is 17.1 Å². The number of pyridine rings is 1. The van der Waals surface area contributed by atoms with Crippen molar-refractivity contribution in [3.8, 4) is 0 Å². The second kappa shape index (κ2) is 8.33. The summed E-state index contributed by atoms with van der Waals surface area (Å²) in [6, 6.07) is 12.1. The molecule has 1 saturated carbocycles. The Morgan fingerprint density at radius 3 is 2.62 bits per heavy atom. The molecule has 2 aliphatic rings. The van der Waals surface area contributed by atoms with Crippen LogP contribution < -0.4 is 5.48 Å². The third-order valence-electron chi connectivity index (χ3n) is 6.35. The van der Waals surface area contributed by atoms with E-state index in [-0.39, 0.29) is 11.3 Å². The standard InChI is InChI=1S/C23H27N3O3/c27-21(25-29)19-13-18-9-12-26(16-20(18)24-15-19)22(28)23(10-5-2-6-11-23)14-17-7-3-1-4-8-17/h1,3-4,7-8,13,15,29H,2,5-6,9-12,14,16H2,(H,25,27). The highest BCUT2D eigenvalue weighted by Gasteiger charge is 2.42. The maximum atomic E-state index is 13.7. The first kappa shape index (κ1) is 19.6. The summed E-state index contributed by atoms with van der Waals surface area (Å²) in [6.07, 6.45) is 8.19. The molecule has 6 heteroatoms. The Morgan fingerprint density at radius 2 is 1.90 bits per heavy atom. The molecule has 29 heavy (non-hydrogen) atoms. The van der Waals surface area contributed by atoms with Crippen LogP contribution in [0.2, 0.25) is 0 Å². The van der Waals surface area contributed by atoms with Crippen LogP contribution in [0.25, 0.3) is 0 Å². The molecule has 1 aromatic carbocycles. The van der Waals surface area contributed by atoms with Gasteiger partial charge in [-0.2, -0.15) is 0 Å². The van der Waals surface area contributed by atoms with Gasteiger partial charge in [0.15, 0.2) is 0 Å². The van der Waals surface area contributed by atoms with Gasteiger partial charge in [-0.15, -0.1) is 0 Å². The number of nitrogens with zero attached hydrogens (tertiary/aromatic N) is 2. The Kier molecular flexibility index (Phi) is 5.62. The highest BCUT2D eigenvalue weighted by molar-refractivity contribution is 5.93. The predicted octanol–water partition coefficient (Wildman–Crippen LogP) is 3.28. The lowest BCUT2D eigenvalue weighted by molar-refractivity contribution is -0.145. The summed E-state index contributed by atoms with van der Waals surface area (Å²) < 4.78 is 0. The van der Waals surface area contributed by atoms with E-state index in [1.807, 2.05) is 23.1 Å². The Bertz CT molecular complexity index is 891. The first-order valence-corrected chi connectivity index (χ1v) is 10.4. The number of aromatic nitrogens is 1. The van der Waals surface area contributed by atoms with Gasteiger partial charge < -0.3 is 4.90 Å². The average Bonchev–Trinajstić information content (AvgIpc) is 2.78. The van der Waals surface area contributed by atoms with Crippen molar-refractivity contribution in [2.75, 3.05) is 6.54 Å². The maximum absolute atomic E-state index is 13.7. The molecule has 2 amide bonds. The molecule has 1 aromatic heterocycles. The molecule has 1 aliphatic heterocycles. The number of carbonyl (C=O) groups excluding carboxylic acids is 2. The van der Waals surface area contributed by atoms with Crippen molar-refractivity contribution < 1.29 is 14.8 Å². The van der Waals surface area contributed by atoms with Gasteiger partial charge in [-0.3, -0.25) is 19.8 Å². The van der Waals surface area contributed by atoms with Crippen molar-refractivity contribution in [3.05, 3.63) is 65.0 Å². The van der Waals surface area contributed by atoms with Crippen molar-refractivity contribution in [1.29, 1.82) is 0 Å². The SMILES string of the molecule is O=C(NO)c1cnc2c(c1)CCN(C(=O)C1(Cc3ccccc3)CCCCC1)C2. The van der Waals surface area contributed by atoms with Gasteiger partial charge in [0, 0.05) is 12.7 Å². The quantitative estimate of drug-likeness (QED) is 0.617. The fourth-order valence-electron chi connectivity index (χ4n) is 4.79. The summed E-state index contributed by atoms with van der Waals surface area (Å²) in [5.74, 6) is -0.325. The zero-order chi connectivity index (χ0) is 20.3. The first-order chi connectivity index (χ1) is 14.1. The van der Waals surface area contributed by atoms with E-state index in [4.69, 9.17) is 5.21 Å². The van der Waals surface area contributed by atoms with Crippen LogP contribution in [0.5, 0.6) is 0 Å². The lowest BCUT2D eigenvalue weighted by atomic mass is 9.69. The largest absolute Gasteiger partial charge is 0.336 e. The zero-order valence-electron chi connectivity index (χ0n) is 16.6. The maximum Gasteiger partial charge on any atom is 0.276 e. The van der Waals surface area contributed by atoms with E-state index in [1.54, 1.807) is 11.5 Å². The van der Waals surface area contributed by atoms with Gasteiger partial charge in [0.1, 0.15) is 0 Å². The number of hydrogen-bond acceptors (Lipinski definition) is 4. The third kappa shape index (κ3) is 4.03. The lowest BCUT2D eigenvalue weighted by Gasteiger charge is -2.41. The van der Waals surface area contributed by atoms with Crippen LogP contribution in [-0.4, -0.2) is 33.5 Å². The minimum Gasteiger partial charge on any atom is -0.336 e. The number of benzene rings is 1. The summed E-state index contributed by atoms with van der Waals surface area (Å²) in [7, 11) is 0. The number of carbonyl (C=O) groups is 2. The first-order valence-electron chi connectivity index (χ1n) is 10.4. The van der Waals surface area contributed by atoms with Gasteiger partial charge in [-0.1, -0.05) is 49.6 Å². The zero-order valence-corrected chi connectivity index (χ0v) is 16.6. The molecular formula is C23H27N3O3. The Morgan fingerprint density at radius 1 is 1.14 bits per heavy atom. The van der Waals surface area contributed by atoms with Crippen molar-refractivity contribution in [1.82, 2.24) is 15.4 Å². The van der Waals surface area contributed by atoms with Crippen molar-refractivity contribution in [3.63, 3.8) is 0 Å². The molecule has 2 aromatic rings. The van der Waals surface area contributed by atoms with E-state index in [0.29, 0.717) is 25.1 Å². The number of nitrogens with one attached hydrogen (secondary N) is 1. The minimum absolute atomic E-state index is 0.241. The molecule has 0 bridgehead atoms. The summed E-state index contributed by atoms with van der Waals surface area (Å²) in [5, 5.41) is 8.82. The van der Waals surface area contributed by atoms with Crippen LogP contribution in [0.3, 0.4) is 0 Å². The summed E-state index contributed by atoms with van der Waals surface area (Å²) in [6.45, 7) is 1.11. The van der Waals surface area contributed by atoms with Gasteiger partial charge in [0.05, 0.1) is 23.2 Å². The molecule has 4 rings (SSSR count). The lowest BCUT2D eigenvalue weighted by Crippen LogP contribution is -2.48. The van der Waals surface area contributed by atoms with Gasteiger partial charge in [-0.05, 0) is 42.9 Å². The van der Waals surface area contributed by atoms with Crippen LogP contribution in [0.1, 0.15) is 59.3 Å². The smallest absolute Gasteiger partial charge is 0.276 e. The van der Waals surface area contributed by atoms with Gasteiger partial charge in [0.25, 0.3) is 5.91 Å². The molecule has 152 valence electrons. The Hall–Kier alpha value is -2.73. The predicted molar refractivity (Wildman–Crippen MR) is 108 cm³/mol. The monoisotopic (exact) mass is 393 g/mol. The van der Waals surface area contributed by atoms with E-state index in [9.17, 15) is 9.59 Å². The number of amides is 2. The number of rotatable bonds is 4. The summed E-state index contributed by atoms with van der Waals surface area (Å²) in [5.41, 5.74) is 4.68. The highest BCUT2D eigenvalue weighted by atomic mass is 16.5. The molecule has 1 fully saturated rings. The van der Waals surface area contributed by atoms with Crippen LogP contribution in [0.4, 0.5) is 0 Å². The molecular weight excluding hydrogens is 366 g/mol. The number of fused-ring (bicyclic) bond motifs is 1. The summed E-state index contributed by atoms with van der Waals surface area (Å²) in [4.78, 5) is 31.7. The fourth-order valence-corrected chi connectivity index (χ4v) is 4.79. The molecule has 0 radical (unpaired) electrons. The second-order valence-corrected chi connectivity index (χ2v) is 8.25. The van der Waals surface area contributed by atoms with E-state index in [0.717, 1.165) is 43.4 Å². The van der Waals surface area contributed by atoms with Crippen LogP contribution in [0.15, 0.2) is 42.6 Å². The van der Waals surface area contributed by atoms with Crippen LogP contribution >= 0.6 is 0 Å². The van der Waals surface area contributed by atoms with E-state index >= 15 is 0 Å². The molecule has 0 unspecified atom stereocenters. The van der Waals surface area contributed by atoms with Gasteiger partial charge in [0.2, 0.25) is 5.91 Å². The van der Waals surface area contributed by atoms with E-state index in [1.165, 1.54) is 18.2 Å². The van der Waals surface area contributed by atoms with Gasteiger partial charge >= 0.3 is 0 Å². The normalized spacial score (nSPS) is 18.0. The number of hydroxylamine groups is 1. The summed E-state index contributed by atoms with van der Waals surface area (Å²) >= 11 is 0. The molecule has 0 saturated heterocycles. The van der Waals surface area contributed by atoms with Crippen molar-refractivity contribution >= 4 is 11.8 Å². The highest BCUT2D eigenvalue weighted by Crippen LogP contribution is 2.41. The third-order valence-corrected chi connectivity index (χ3v) is 6.35. The molecule has 1 aliphatic carbocycles. The molecule has 6 nitrogen and oxygen atoms in total. The van der Waals surface area contributed by atoms with Crippen molar-refractivity contribution in [2.45, 2.75) is 51.5 Å². The molecule has 0 atom stereocenters. The average molecular weight is 393 g/mol. The minimum atomic E-state index is -0.567. The number of hydrogen-bond donors (Lipinski definition) is 2.